The van der Waals surface area contributed by atoms with Gasteiger partial charge in [-0.15, -0.1) is 0 Å². The molecule has 0 bridgehead atoms. The first-order valence-corrected chi connectivity index (χ1v) is 6.03. The van der Waals surface area contributed by atoms with Crippen LogP contribution in [-0.4, -0.2) is 64.5 Å². The maximum Gasteiger partial charge on any atom is 0.248 e. The molecule has 0 aliphatic carbocycles. The van der Waals surface area contributed by atoms with Crippen LogP contribution in [0.3, 0.4) is 0 Å². The lowest BCUT2D eigenvalue weighted by Crippen LogP contribution is -2.32. The monoisotopic (exact) mass is 310 g/mol. The Hall–Kier alpha value is -1.30. The maximum atomic E-state index is 10.9. The number of nitrogens with two attached hydrogens (primary N) is 2. The summed E-state index contributed by atoms with van der Waals surface area (Å²) < 4.78 is 10.4. The van der Waals surface area contributed by atoms with Gasteiger partial charge in [0.05, 0.1) is 26.4 Å². The fourth-order valence-corrected chi connectivity index (χ4v) is 1.10. The van der Waals surface area contributed by atoms with Crippen molar-refractivity contribution in [2.24, 2.45) is 11.8 Å². The van der Waals surface area contributed by atoms with Crippen molar-refractivity contribution in [1.82, 2.24) is 10.6 Å². The zero-order valence-corrected chi connectivity index (χ0v) is 11.3. The van der Waals surface area contributed by atoms with Crippen molar-refractivity contribution in [1.29, 1.82) is 0 Å². The van der Waals surface area contributed by atoms with E-state index >= 15 is 0 Å². The molecule has 0 aromatic heterocycles. The standard InChI is InChI=1S/C10H22N4O6.CH4/c11-19-7-9(15)13-1-3-17-5-6-18-4-2-14-10(16)8-20-12;/h1-8,11-12H2,(H,13,15)(H,14,16);1H4. The normalized spacial score (nSPS) is 9.81. The Morgan fingerprint density at radius 1 is 0.762 bits per heavy atom. The highest BCUT2D eigenvalue weighted by Crippen LogP contribution is 1.79. The highest BCUT2D eigenvalue weighted by atomic mass is 16.6. The lowest BCUT2D eigenvalue weighted by molar-refractivity contribution is -0.126. The molecule has 0 fully saturated rings. The number of rotatable bonds is 13. The molecule has 0 saturated heterocycles. The topological polar surface area (TPSA) is 147 Å². The Bertz CT molecular complexity index is 241. The molecule has 0 aromatic carbocycles. The van der Waals surface area contributed by atoms with E-state index < -0.39 is 0 Å². The zero-order chi connectivity index (χ0) is 15.1. The Labute approximate surface area is 124 Å². The van der Waals surface area contributed by atoms with Gasteiger partial charge in [-0.25, -0.2) is 11.8 Å². The second-order valence-corrected chi connectivity index (χ2v) is 3.55. The second-order valence-electron chi connectivity index (χ2n) is 3.55. The highest BCUT2D eigenvalue weighted by Gasteiger charge is 1.99. The second kappa shape index (κ2) is 16.8. The SMILES string of the molecule is C.NOCC(=O)NCCOCCOCCNC(=O)CON. The molecule has 10 nitrogen and oxygen atoms in total. The van der Waals surface area contributed by atoms with Gasteiger partial charge in [-0.2, -0.15) is 0 Å². The minimum Gasteiger partial charge on any atom is -0.377 e. The molecule has 0 spiro atoms. The summed E-state index contributed by atoms with van der Waals surface area (Å²) in [6.45, 7) is 1.91. The minimum absolute atomic E-state index is 0. The van der Waals surface area contributed by atoms with Crippen molar-refractivity contribution < 1.29 is 28.7 Å². The Morgan fingerprint density at radius 3 is 1.48 bits per heavy atom. The van der Waals surface area contributed by atoms with Crippen LogP contribution in [0.1, 0.15) is 7.43 Å². The van der Waals surface area contributed by atoms with E-state index in [4.69, 9.17) is 21.3 Å². The average Bonchev–Trinajstić information content (AvgIpc) is 2.41. The van der Waals surface area contributed by atoms with Gasteiger partial charge in [0.25, 0.3) is 0 Å². The molecule has 0 aliphatic heterocycles. The zero-order valence-electron chi connectivity index (χ0n) is 11.3. The summed E-state index contributed by atoms with van der Waals surface area (Å²) in [5.74, 6) is 8.85. The van der Waals surface area contributed by atoms with Crippen molar-refractivity contribution in [2.45, 2.75) is 7.43 Å². The van der Waals surface area contributed by atoms with Crippen LogP contribution in [0.5, 0.6) is 0 Å². The summed E-state index contributed by atoms with van der Waals surface area (Å²) in [7, 11) is 0. The van der Waals surface area contributed by atoms with E-state index in [1.54, 1.807) is 0 Å². The molecule has 0 rings (SSSR count). The minimum atomic E-state index is -0.301. The van der Waals surface area contributed by atoms with Gasteiger partial charge in [-0.3, -0.25) is 19.3 Å². The molecule has 0 radical (unpaired) electrons. The van der Waals surface area contributed by atoms with Crippen LogP contribution in [0.15, 0.2) is 0 Å². The molecule has 6 N–H and O–H groups in total. The number of ether oxygens (including phenoxy) is 2. The van der Waals surface area contributed by atoms with Gasteiger partial charge < -0.3 is 20.1 Å². The van der Waals surface area contributed by atoms with Gasteiger partial charge in [-0.1, -0.05) is 7.43 Å². The smallest absolute Gasteiger partial charge is 0.248 e. The van der Waals surface area contributed by atoms with Crippen molar-refractivity contribution in [3.05, 3.63) is 0 Å². The molecule has 0 unspecified atom stereocenters. The summed E-state index contributed by atoms with van der Waals surface area (Å²) in [5.41, 5.74) is 0. The van der Waals surface area contributed by atoms with Gasteiger partial charge >= 0.3 is 0 Å². The van der Waals surface area contributed by atoms with Crippen LogP contribution < -0.4 is 22.4 Å². The van der Waals surface area contributed by atoms with Crippen molar-refractivity contribution in [3.63, 3.8) is 0 Å². The Kier molecular flexibility index (Phi) is 17.5. The lowest BCUT2D eigenvalue weighted by atomic mass is 10.6. The first-order chi connectivity index (χ1) is 9.70. The van der Waals surface area contributed by atoms with Gasteiger partial charge in [0.15, 0.2) is 0 Å². The molecule has 0 aromatic rings. The van der Waals surface area contributed by atoms with Crippen LogP contribution in [-0.2, 0) is 28.7 Å². The van der Waals surface area contributed by atoms with Gasteiger partial charge in [0.2, 0.25) is 11.8 Å². The van der Waals surface area contributed by atoms with E-state index in [-0.39, 0.29) is 32.5 Å². The number of carbonyl (C=O) groups is 2. The van der Waals surface area contributed by atoms with Crippen LogP contribution in [0.25, 0.3) is 0 Å². The summed E-state index contributed by atoms with van der Waals surface area (Å²) in [6, 6.07) is 0. The molecule has 126 valence electrons. The van der Waals surface area contributed by atoms with E-state index in [9.17, 15) is 9.59 Å². The number of nitrogens with one attached hydrogen (secondary N) is 2. The van der Waals surface area contributed by atoms with Crippen LogP contribution in [0, 0.1) is 0 Å². The van der Waals surface area contributed by atoms with Crippen molar-refractivity contribution in [3.8, 4) is 0 Å². The van der Waals surface area contributed by atoms with Gasteiger partial charge in [-0.05, 0) is 0 Å². The third-order valence-electron chi connectivity index (χ3n) is 1.94. The van der Waals surface area contributed by atoms with E-state index in [0.29, 0.717) is 39.5 Å². The molecule has 10 heteroatoms. The number of amides is 2. The summed E-state index contributed by atoms with van der Waals surface area (Å²) >= 11 is 0. The third-order valence-corrected chi connectivity index (χ3v) is 1.94. The quantitative estimate of drug-likeness (QED) is 0.219. The fourth-order valence-electron chi connectivity index (χ4n) is 1.10. The van der Waals surface area contributed by atoms with Crippen LogP contribution in [0.2, 0.25) is 0 Å². The van der Waals surface area contributed by atoms with Crippen molar-refractivity contribution >= 4 is 11.8 Å². The Morgan fingerprint density at radius 2 is 1.14 bits per heavy atom. The molecule has 2 amide bonds. The molecular weight excluding hydrogens is 284 g/mol. The number of hydrogen-bond acceptors (Lipinski definition) is 8. The van der Waals surface area contributed by atoms with Crippen LogP contribution >= 0.6 is 0 Å². The van der Waals surface area contributed by atoms with Crippen molar-refractivity contribution in [2.75, 3.05) is 52.7 Å². The lowest BCUT2D eigenvalue weighted by Gasteiger charge is -2.07. The highest BCUT2D eigenvalue weighted by molar-refractivity contribution is 5.77. The molecule has 0 atom stereocenters. The molecule has 0 heterocycles. The number of hydrogen-bond donors (Lipinski definition) is 4. The third kappa shape index (κ3) is 16.6. The first-order valence-electron chi connectivity index (χ1n) is 6.03. The van der Waals surface area contributed by atoms with E-state index in [1.165, 1.54) is 0 Å². The van der Waals surface area contributed by atoms with Gasteiger partial charge in [0.1, 0.15) is 13.2 Å². The van der Waals surface area contributed by atoms with E-state index in [0.717, 1.165) is 0 Å². The predicted octanol–water partition coefficient (Wildman–Crippen LogP) is -2.33. The first kappa shape index (κ1) is 22.0. The van der Waals surface area contributed by atoms with E-state index in [1.807, 2.05) is 0 Å². The van der Waals surface area contributed by atoms with E-state index in [2.05, 4.69) is 20.3 Å². The van der Waals surface area contributed by atoms with Crippen LogP contribution in [0.4, 0.5) is 0 Å². The summed E-state index contributed by atoms with van der Waals surface area (Å²) in [4.78, 5) is 30.1. The molecule has 0 aliphatic rings. The maximum absolute atomic E-state index is 10.9. The average molecular weight is 310 g/mol. The number of carbonyl (C=O) groups excluding carboxylic acids is 2. The molecular formula is C11H26N4O6. The molecule has 0 saturated carbocycles. The summed E-state index contributed by atoms with van der Waals surface area (Å²) in [5, 5.41) is 5.08. The Balaban J connectivity index is 0. The fraction of sp³-hybridized carbons (Fsp3) is 0.818. The molecule has 21 heavy (non-hydrogen) atoms. The summed E-state index contributed by atoms with van der Waals surface area (Å²) in [6.07, 6.45) is 0. The van der Waals surface area contributed by atoms with Gasteiger partial charge in [0, 0.05) is 13.1 Å². The predicted molar refractivity (Wildman–Crippen MR) is 74.7 cm³/mol. The largest absolute Gasteiger partial charge is 0.377 e.